The fraction of sp³-hybridized carbons (Fsp3) is 0.792. The highest BCUT2D eigenvalue weighted by Crippen LogP contribution is 2.19. The molecule has 1 heterocycles. The highest BCUT2D eigenvalue weighted by Gasteiger charge is 2.31. The van der Waals surface area contributed by atoms with Crippen LogP contribution in [0.15, 0.2) is 11.6 Å². The van der Waals surface area contributed by atoms with Crippen LogP contribution in [0.1, 0.15) is 74.7 Å². The number of piperidine rings is 1. The monoisotopic (exact) mass is 439 g/mol. The zero-order valence-electron chi connectivity index (χ0n) is 21.1. The largest absolute Gasteiger partial charge is 0.478 e. The fourth-order valence-corrected chi connectivity index (χ4v) is 3.50. The maximum Gasteiger partial charge on any atom is 0.331 e. The number of nitrogens with one attached hydrogen (secondary N) is 1. The molecule has 0 spiro atoms. The molecule has 1 saturated heterocycles. The molecule has 180 valence electrons. The van der Waals surface area contributed by atoms with Crippen LogP contribution in [0, 0.1) is 11.8 Å². The van der Waals surface area contributed by atoms with Gasteiger partial charge in [0.25, 0.3) is 0 Å². The minimum absolute atomic E-state index is 0.0544. The van der Waals surface area contributed by atoms with E-state index < -0.39 is 5.97 Å². The summed E-state index contributed by atoms with van der Waals surface area (Å²) in [6, 6.07) is -0.242. The van der Waals surface area contributed by atoms with E-state index in [0.29, 0.717) is 0 Å². The van der Waals surface area contributed by atoms with E-state index in [-0.39, 0.29) is 48.0 Å². The Labute approximate surface area is 189 Å². The van der Waals surface area contributed by atoms with Crippen molar-refractivity contribution >= 4 is 17.8 Å². The summed E-state index contributed by atoms with van der Waals surface area (Å²) in [5.41, 5.74) is 0.201. The predicted molar refractivity (Wildman–Crippen MR) is 126 cm³/mol. The number of likely N-dealkylation sites (N-methyl/N-ethyl adjacent to an activating group) is 1. The van der Waals surface area contributed by atoms with Crippen LogP contribution in [0.2, 0.25) is 0 Å². The van der Waals surface area contributed by atoms with Gasteiger partial charge in [0.15, 0.2) is 0 Å². The average Bonchev–Trinajstić information content (AvgIpc) is 2.68. The number of carbonyl (C=O) groups excluding carboxylic acids is 2. The number of amides is 2. The van der Waals surface area contributed by atoms with Gasteiger partial charge in [-0.2, -0.15) is 0 Å². The van der Waals surface area contributed by atoms with E-state index in [1.807, 2.05) is 13.8 Å². The summed E-state index contributed by atoms with van der Waals surface area (Å²) in [6.07, 6.45) is 4.51. The zero-order chi connectivity index (χ0) is 24.3. The second-order valence-corrected chi connectivity index (χ2v) is 9.69. The second-order valence-electron chi connectivity index (χ2n) is 9.69. The summed E-state index contributed by atoms with van der Waals surface area (Å²) in [5.74, 6) is -0.452. The van der Waals surface area contributed by atoms with Gasteiger partial charge < -0.3 is 15.3 Å². The number of nitrogens with zero attached hydrogens (tertiary/aromatic N) is 2. The van der Waals surface area contributed by atoms with Gasteiger partial charge in [-0.25, -0.2) is 4.79 Å². The summed E-state index contributed by atoms with van der Waals surface area (Å²) < 4.78 is 0. The Hall–Kier alpha value is -1.89. The van der Waals surface area contributed by atoms with Gasteiger partial charge in [-0.3, -0.25) is 14.5 Å². The molecule has 7 nitrogen and oxygen atoms in total. The van der Waals surface area contributed by atoms with E-state index in [0.717, 1.165) is 31.7 Å². The summed E-state index contributed by atoms with van der Waals surface area (Å²) in [4.78, 5) is 39.9. The van der Waals surface area contributed by atoms with Crippen LogP contribution in [-0.2, 0) is 14.4 Å². The molecule has 1 fully saturated rings. The molecule has 0 bridgehead atoms. The Morgan fingerprint density at radius 1 is 1.10 bits per heavy atom. The first-order valence-electron chi connectivity index (χ1n) is 11.5. The van der Waals surface area contributed by atoms with Gasteiger partial charge in [0, 0.05) is 18.7 Å². The van der Waals surface area contributed by atoms with Gasteiger partial charge in [0.05, 0.1) is 18.6 Å². The zero-order valence-corrected chi connectivity index (χ0v) is 21.1. The molecule has 0 aromatic carbocycles. The van der Waals surface area contributed by atoms with E-state index >= 15 is 0 Å². The molecule has 1 aliphatic heterocycles. The van der Waals surface area contributed by atoms with Crippen LogP contribution in [0.25, 0.3) is 0 Å². The van der Waals surface area contributed by atoms with Gasteiger partial charge in [0.1, 0.15) is 0 Å². The summed E-state index contributed by atoms with van der Waals surface area (Å²) in [5, 5.41) is 11.9. The first kappa shape index (κ1) is 29.1. The molecule has 0 aliphatic carbocycles. The fourth-order valence-electron chi connectivity index (χ4n) is 3.50. The average molecular weight is 440 g/mol. The predicted octanol–water partition coefficient (Wildman–Crippen LogP) is 3.54. The normalized spacial score (nSPS) is 18.5. The highest BCUT2D eigenvalue weighted by atomic mass is 16.4. The van der Waals surface area contributed by atoms with Gasteiger partial charge >= 0.3 is 5.97 Å². The van der Waals surface area contributed by atoms with Crippen molar-refractivity contribution in [3.8, 4) is 0 Å². The maximum atomic E-state index is 12.6. The molecule has 0 saturated carbocycles. The van der Waals surface area contributed by atoms with Crippen molar-refractivity contribution in [2.45, 2.75) is 92.8 Å². The SMILES string of the molecule is C/C(=C\C(C(C)C)N(C)C(=O)CNC(=O)[C@@H]1CCCCN1C(C)C)C(=O)O.CC(C)C. The molecule has 2 amide bonds. The number of hydrogen-bond acceptors (Lipinski definition) is 4. The Morgan fingerprint density at radius 3 is 2.10 bits per heavy atom. The van der Waals surface area contributed by atoms with E-state index in [1.165, 1.54) is 11.8 Å². The summed E-state index contributed by atoms with van der Waals surface area (Å²) in [6.45, 7) is 16.9. The van der Waals surface area contributed by atoms with E-state index in [1.54, 1.807) is 13.1 Å². The molecule has 0 radical (unpaired) electrons. The smallest absolute Gasteiger partial charge is 0.331 e. The van der Waals surface area contributed by atoms with Crippen molar-refractivity contribution in [2.75, 3.05) is 20.1 Å². The van der Waals surface area contributed by atoms with Crippen LogP contribution in [-0.4, -0.2) is 71.0 Å². The lowest BCUT2D eigenvalue weighted by molar-refractivity contribution is -0.135. The quantitative estimate of drug-likeness (QED) is 0.565. The molecule has 2 N–H and O–H groups in total. The Balaban J connectivity index is 0.00000206. The van der Waals surface area contributed by atoms with Crippen LogP contribution >= 0.6 is 0 Å². The Bertz CT molecular complexity index is 611. The highest BCUT2D eigenvalue weighted by molar-refractivity contribution is 5.88. The number of hydrogen-bond donors (Lipinski definition) is 2. The molecule has 1 rings (SSSR count). The molecule has 0 aromatic rings. The lowest BCUT2D eigenvalue weighted by Gasteiger charge is -2.37. The van der Waals surface area contributed by atoms with Gasteiger partial charge in [0.2, 0.25) is 11.8 Å². The minimum Gasteiger partial charge on any atom is -0.478 e. The number of aliphatic carboxylic acids is 1. The first-order valence-corrected chi connectivity index (χ1v) is 11.5. The van der Waals surface area contributed by atoms with Crippen molar-refractivity contribution in [3.63, 3.8) is 0 Å². The van der Waals surface area contributed by atoms with Crippen molar-refractivity contribution in [2.24, 2.45) is 11.8 Å². The van der Waals surface area contributed by atoms with Crippen LogP contribution < -0.4 is 5.32 Å². The summed E-state index contributed by atoms with van der Waals surface area (Å²) >= 11 is 0. The van der Waals surface area contributed by atoms with Crippen LogP contribution in [0.4, 0.5) is 0 Å². The van der Waals surface area contributed by atoms with Crippen molar-refractivity contribution in [3.05, 3.63) is 11.6 Å². The van der Waals surface area contributed by atoms with E-state index in [2.05, 4.69) is 44.8 Å². The molecule has 2 atom stereocenters. The standard InChI is InChI=1S/C20H35N3O4.C4H10/c1-13(2)17(11-15(5)20(26)27)22(6)18(24)12-21-19(25)16-9-7-8-10-23(16)14(3)4;1-4(2)3/h11,13-14,16-17H,7-10,12H2,1-6H3,(H,21,25)(H,26,27);4H,1-3H3/b15-11+;/t16-,17?;/m0./s1. The second kappa shape index (κ2) is 14.2. The van der Waals surface area contributed by atoms with Gasteiger partial charge in [-0.1, -0.05) is 47.1 Å². The number of carboxylic acid groups (broad SMARTS) is 1. The van der Waals surface area contributed by atoms with Crippen molar-refractivity contribution < 1.29 is 19.5 Å². The molecular formula is C24H45N3O4. The van der Waals surface area contributed by atoms with Gasteiger partial charge in [-0.15, -0.1) is 0 Å². The number of likely N-dealkylation sites (tertiary alicyclic amines) is 1. The lowest BCUT2D eigenvalue weighted by Crippen LogP contribution is -2.53. The molecular weight excluding hydrogens is 394 g/mol. The topological polar surface area (TPSA) is 90.0 Å². The van der Waals surface area contributed by atoms with E-state index in [9.17, 15) is 14.4 Å². The van der Waals surface area contributed by atoms with Crippen LogP contribution in [0.3, 0.4) is 0 Å². The molecule has 7 heteroatoms. The third-order valence-electron chi connectivity index (χ3n) is 5.21. The molecule has 31 heavy (non-hydrogen) atoms. The van der Waals surface area contributed by atoms with E-state index in [4.69, 9.17) is 5.11 Å². The molecule has 1 unspecified atom stereocenters. The maximum absolute atomic E-state index is 12.6. The number of rotatable bonds is 8. The minimum atomic E-state index is -0.999. The van der Waals surface area contributed by atoms with Crippen LogP contribution in [0.5, 0.6) is 0 Å². The van der Waals surface area contributed by atoms with Gasteiger partial charge in [-0.05, 0) is 52.0 Å². The number of carbonyl (C=O) groups is 3. The lowest BCUT2D eigenvalue weighted by atomic mass is 9.99. The van der Waals surface area contributed by atoms with Crippen molar-refractivity contribution in [1.29, 1.82) is 0 Å². The number of carboxylic acids is 1. The van der Waals surface area contributed by atoms with Crippen molar-refractivity contribution in [1.82, 2.24) is 15.1 Å². The molecule has 1 aliphatic rings. The third kappa shape index (κ3) is 10.8. The Morgan fingerprint density at radius 2 is 1.65 bits per heavy atom. The first-order chi connectivity index (χ1) is 14.3. The Kier molecular flexibility index (Phi) is 13.4. The summed E-state index contributed by atoms with van der Waals surface area (Å²) in [7, 11) is 1.64. The molecule has 0 aromatic heterocycles. The third-order valence-corrected chi connectivity index (χ3v) is 5.21.